The molecule has 0 aliphatic carbocycles. The van der Waals surface area contributed by atoms with Gasteiger partial charge in [-0.2, -0.15) is 5.10 Å². The zero-order chi connectivity index (χ0) is 21.5. The number of carbonyl (C=O) groups excluding carboxylic acids is 1. The van der Waals surface area contributed by atoms with Crippen molar-refractivity contribution in [3.63, 3.8) is 0 Å². The number of aromatic nitrogens is 3. The molecule has 4 rings (SSSR count). The quantitative estimate of drug-likeness (QED) is 0.268. The highest BCUT2D eigenvalue weighted by Gasteiger charge is 2.17. The minimum absolute atomic E-state index is 0.172. The number of rotatable bonds is 7. The van der Waals surface area contributed by atoms with Gasteiger partial charge in [-0.25, -0.2) is 5.43 Å². The van der Waals surface area contributed by atoms with Gasteiger partial charge in [0.05, 0.1) is 12.0 Å². The summed E-state index contributed by atoms with van der Waals surface area (Å²) in [6, 6.07) is 27.6. The molecular formula is C24H21N5OS. The lowest BCUT2D eigenvalue weighted by atomic mass is 10.2. The van der Waals surface area contributed by atoms with E-state index in [1.165, 1.54) is 17.3 Å². The highest BCUT2D eigenvalue weighted by atomic mass is 32.2. The highest BCUT2D eigenvalue weighted by Crippen LogP contribution is 2.28. The number of benzene rings is 3. The Hall–Kier alpha value is -3.71. The van der Waals surface area contributed by atoms with E-state index in [1.807, 2.05) is 96.4 Å². The number of hydrogen-bond donors (Lipinski definition) is 1. The van der Waals surface area contributed by atoms with Gasteiger partial charge in [-0.1, -0.05) is 90.1 Å². The normalized spacial score (nSPS) is 11.0. The summed E-state index contributed by atoms with van der Waals surface area (Å²) in [5.41, 5.74) is 6.55. The first-order valence-electron chi connectivity index (χ1n) is 9.78. The molecule has 0 saturated carbocycles. The molecule has 0 bridgehead atoms. The van der Waals surface area contributed by atoms with E-state index in [0.717, 1.165) is 22.6 Å². The van der Waals surface area contributed by atoms with Crippen LogP contribution in [0.2, 0.25) is 0 Å². The standard InChI is InChI=1S/C24H21N5OS/c1-18-12-14-21(15-13-18)29-23(20-10-6-3-7-11-20)27-28-24(29)31-17-22(30)26-25-16-19-8-4-2-5-9-19/h2-16H,17H2,1H3,(H,26,30)/b25-16+. The molecule has 1 aromatic heterocycles. The summed E-state index contributed by atoms with van der Waals surface area (Å²) in [6.45, 7) is 2.05. The van der Waals surface area contributed by atoms with E-state index in [1.54, 1.807) is 6.21 Å². The molecule has 0 fully saturated rings. The van der Waals surface area contributed by atoms with Crippen molar-refractivity contribution in [2.75, 3.05) is 5.75 Å². The number of hydrogen-bond acceptors (Lipinski definition) is 5. The van der Waals surface area contributed by atoms with Gasteiger partial charge in [0.25, 0.3) is 5.91 Å². The molecule has 31 heavy (non-hydrogen) atoms. The summed E-state index contributed by atoms with van der Waals surface area (Å²) < 4.78 is 1.97. The lowest BCUT2D eigenvalue weighted by molar-refractivity contribution is -0.118. The molecule has 1 amide bonds. The minimum Gasteiger partial charge on any atom is -0.272 e. The van der Waals surface area contributed by atoms with Crippen molar-refractivity contribution in [1.29, 1.82) is 0 Å². The van der Waals surface area contributed by atoms with Gasteiger partial charge in [0.15, 0.2) is 11.0 Å². The summed E-state index contributed by atoms with van der Waals surface area (Å²) in [6.07, 6.45) is 1.62. The van der Waals surface area contributed by atoms with Crippen LogP contribution in [0.4, 0.5) is 0 Å². The molecule has 0 atom stereocenters. The Balaban J connectivity index is 1.51. The number of amides is 1. The molecule has 1 heterocycles. The molecule has 0 aliphatic heterocycles. The molecule has 6 nitrogen and oxygen atoms in total. The number of thioether (sulfide) groups is 1. The third-order valence-electron chi connectivity index (χ3n) is 4.49. The van der Waals surface area contributed by atoms with Crippen molar-refractivity contribution < 1.29 is 4.79 Å². The average Bonchev–Trinajstić information content (AvgIpc) is 3.23. The molecular weight excluding hydrogens is 406 g/mol. The van der Waals surface area contributed by atoms with Crippen LogP contribution in [0.25, 0.3) is 17.1 Å². The lowest BCUT2D eigenvalue weighted by Gasteiger charge is -2.10. The smallest absolute Gasteiger partial charge is 0.250 e. The van der Waals surface area contributed by atoms with Gasteiger partial charge >= 0.3 is 0 Å². The van der Waals surface area contributed by atoms with Gasteiger partial charge in [-0.05, 0) is 24.6 Å². The van der Waals surface area contributed by atoms with Crippen molar-refractivity contribution in [1.82, 2.24) is 20.2 Å². The van der Waals surface area contributed by atoms with Crippen LogP contribution >= 0.6 is 11.8 Å². The Morgan fingerprint density at radius 2 is 1.65 bits per heavy atom. The summed E-state index contributed by atoms with van der Waals surface area (Å²) in [7, 11) is 0. The predicted octanol–water partition coefficient (Wildman–Crippen LogP) is 4.49. The maximum absolute atomic E-state index is 12.3. The van der Waals surface area contributed by atoms with Crippen LogP contribution in [0.3, 0.4) is 0 Å². The van der Waals surface area contributed by atoms with E-state index in [2.05, 4.69) is 20.7 Å². The Morgan fingerprint density at radius 3 is 2.35 bits per heavy atom. The zero-order valence-electron chi connectivity index (χ0n) is 17.0. The molecule has 0 saturated heterocycles. The molecule has 154 valence electrons. The average molecular weight is 428 g/mol. The van der Waals surface area contributed by atoms with Crippen molar-refractivity contribution in [2.24, 2.45) is 5.10 Å². The fraction of sp³-hybridized carbons (Fsp3) is 0.0833. The molecule has 3 aromatic carbocycles. The largest absolute Gasteiger partial charge is 0.272 e. The van der Waals surface area contributed by atoms with E-state index >= 15 is 0 Å². The molecule has 1 N–H and O–H groups in total. The van der Waals surface area contributed by atoms with Crippen LogP contribution in [0, 0.1) is 6.92 Å². The van der Waals surface area contributed by atoms with E-state index in [-0.39, 0.29) is 11.7 Å². The van der Waals surface area contributed by atoms with Crippen LogP contribution in [0.15, 0.2) is 95.2 Å². The van der Waals surface area contributed by atoms with Crippen LogP contribution in [0.5, 0.6) is 0 Å². The third-order valence-corrected chi connectivity index (χ3v) is 5.42. The maximum Gasteiger partial charge on any atom is 0.250 e. The van der Waals surface area contributed by atoms with Gasteiger partial charge in [0.1, 0.15) is 0 Å². The highest BCUT2D eigenvalue weighted by molar-refractivity contribution is 7.99. The Kier molecular flexibility index (Phi) is 6.54. The van der Waals surface area contributed by atoms with Crippen molar-refractivity contribution in [3.8, 4) is 17.1 Å². The van der Waals surface area contributed by atoms with Gasteiger partial charge in [-0.3, -0.25) is 9.36 Å². The number of nitrogens with zero attached hydrogens (tertiary/aromatic N) is 4. The van der Waals surface area contributed by atoms with Crippen LogP contribution in [0.1, 0.15) is 11.1 Å². The first-order chi connectivity index (χ1) is 15.2. The topological polar surface area (TPSA) is 72.2 Å². The molecule has 0 aliphatic rings. The Labute approximate surface area is 185 Å². The maximum atomic E-state index is 12.3. The van der Waals surface area contributed by atoms with E-state index in [9.17, 15) is 4.79 Å². The van der Waals surface area contributed by atoms with Crippen molar-refractivity contribution in [3.05, 3.63) is 96.1 Å². The van der Waals surface area contributed by atoms with Crippen molar-refractivity contribution >= 4 is 23.9 Å². The fourth-order valence-electron chi connectivity index (χ4n) is 2.94. The van der Waals surface area contributed by atoms with Gasteiger partial charge in [0.2, 0.25) is 0 Å². The number of aryl methyl sites for hydroxylation is 1. The summed E-state index contributed by atoms with van der Waals surface area (Å²) in [5.74, 6) is 0.691. The van der Waals surface area contributed by atoms with Crippen LogP contribution in [-0.4, -0.2) is 32.6 Å². The number of carbonyl (C=O) groups is 1. The Morgan fingerprint density at radius 1 is 0.968 bits per heavy atom. The van der Waals surface area contributed by atoms with Crippen LogP contribution in [-0.2, 0) is 4.79 Å². The van der Waals surface area contributed by atoms with Crippen molar-refractivity contribution in [2.45, 2.75) is 12.1 Å². The summed E-state index contributed by atoms with van der Waals surface area (Å²) in [5, 5.41) is 13.4. The van der Waals surface area contributed by atoms with E-state index in [4.69, 9.17) is 0 Å². The summed E-state index contributed by atoms with van der Waals surface area (Å²) >= 11 is 1.32. The number of hydrazone groups is 1. The van der Waals surface area contributed by atoms with E-state index in [0.29, 0.717) is 5.16 Å². The first-order valence-corrected chi connectivity index (χ1v) is 10.8. The van der Waals surface area contributed by atoms with Crippen LogP contribution < -0.4 is 5.43 Å². The molecule has 0 spiro atoms. The lowest BCUT2D eigenvalue weighted by Crippen LogP contribution is -2.20. The minimum atomic E-state index is -0.211. The summed E-state index contributed by atoms with van der Waals surface area (Å²) in [4.78, 5) is 12.3. The third kappa shape index (κ3) is 5.26. The Bertz CT molecular complexity index is 1170. The SMILES string of the molecule is Cc1ccc(-n2c(SCC(=O)N/N=C/c3ccccc3)nnc2-c2ccccc2)cc1. The number of nitrogens with one attached hydrogen (secondary N) is 1. The van der Waals surface area contributed by atoms with E-state index < -0.39 is 0 Å². The fourth-order valence-corrected chi connectivity index (χ4v) is 3.69. The second-order valence-corrected chi connectivity index (χ2v) is 7.78. The molecule has 0 unspecified atom stereocenters. The first kappa shape index (κ1) is 20.6. The zero-order valence-corrected chi connectivity index (χ0v) is 17.8. The molecule has 7 heteroatoms. The van der Waals surface area contributed by atoms with Gasteiger partial charge in [0, 0.05) is 11.3 Å². The van der Waals surface area contributed by atoms with Gasteiger partial charge < -0.3 is 0 Å². The predicted molar refractivity (Wildman–Crippen MR) is 124 cm³/mol. The molecule has 4 aromatic rings. The second-order valence-electron chi connectivity index (χ2n) is 6.84. The monoisotopic (exact) mass is 427 g/mol. The van der Waals surface area contributed by atoms with Gasteiger partial charge in [-0.15, -0.1) is 10.2 Å². The molecule has 0 radical (unpaired) electrons. The second kappa shape index (κ2) is 9.86.